The third-order valence-corrected chi connectivity index (χ3v) is 4.74. The highest BCUT2D eigenvalue weighted by Gasteiger charge is 2.31. The summed E-state index contributed by atoms with van der Waals surface area (Å²) in [7, 11) is 1.56. The highest BCUT2D eigenvalue weighted by Crippen LogP contribution is 2.26. The molecule has 1 aliphatic carbocycles. The van der Waals surface area contributed by atoms with Gasteiger partial charge in [-0.2, -0.15) is 0 Å². The first-order chi connectivity index (χ1) is 12.8. The molecule has 1 saturated carbocycles. The average molecular weight is 376 g/mol. The van der Waals surface area contributed by atoms with E-state index in [-0.39, 0.29) is 24.2 Å². The molecule has 1 aromatic rings. The van der Waals surface area contributed by atoms with Gasteiger partial charge in [-0.1, -0.05) is 6.08 Å². The van der Waals surface area contributed by atoms with Gasteiger partial charge < -0.3 is 14.7 Å². The number of ether oxygens (including phenoxy) is 1. The smallest absolute Gasteiger partial charge is 0.358 e. The Hall–Kier alpha value is -2.64. The Labute approximate surface area is 159 Å². The molecule has 0 aromatic carbocycles. The van der Waals surface area contributed by atoms with Gasteiger partial charge in [0.1, 0.15) is 0 Å². The van der Waals surface area contributed by atoms with Crippen LogP contribution in [0.1, 0.15) is 56.3 Å². The van der Waals surface area contributed by atoms with E-state index in [9.17, 15) is 14.7 Å². The van der Waals surface area contributed by atoms with Crippen LogP contribution in [0, 0.1) is 0 Å². The van der Waals surface area contributed by atoms with E-state index in [2.05, 4.69) is 21.5 Å². The lowest BCUT2D eigenvalue weighted by Crippen LogP contribution is -2.47. The average Bonchev–Trinajstić information content (AvgIpc) is 2.60. The third kappa shape index (κ3) is 4.20. The maximum atomic E-state index is 12.8. The molecule has 1 aromatic heterocycles. The molecule has 27 heavy (non-hydrogen) atoms. The fourth-order valence-electron chi connectivity index (χ4n) is 2.99. The summed E-state index contributed by atoms with van der Waals surface area (Å²) in [6.45, 7) is 10.2. The lowest BCUT2D eigenvalue weighted by molar-refractivity contribution is 0.0684. The van der Waals surface area contributed by atoms with E-state index < -0.39 is 17.2 Å². The van der Waals surface area contributed by atoms with Crippen molar-refractivity contribution in [3.8, 4) is 5.75 Å². The van der Waals surface area contributed by atoms with Gasteiger partial charge in [0, 0.05) is 19.6 Å². The molecule has 0 bridgehead atoms. The molecule has 0 radical (unpaired) electrons. The first kappa shape index (κ1) is 20.7. The number of carboxylic acids is 1. The van der Waals surface area contributed by atoms with Crippen LogP contribution in [-0.2, 0) is 7.05 Å². The Balaban J connectivity index is 2.71. The predicted molar refractivity (Wildman–Crippen MR) is 104 cm³/mol. The monoisotopic (exact) mass is 376 g/mol. The SMILES string of the molecule is C=CC(C)/N=C(/c1nc(C(=O)O)c(OCC)c(=O)n1C)N(CC)C1CCC1. The summed E-state index contributed by atoms with van der Waals surface area (Å²) in [5.41, 5.74) is -0.929. The van der Waals surface area contributed by atoms with Crippen LogP contribution in [-0.4, -0.2) is 56.6 Å². The lowest BCUT2D eigenvalue weighted by Gasteiger charge is -2.39. The number of hydrogen-bond donors (Lipinski definition) is 1. The van der Waals surface area contributed by atoms with Crippen molar-refractivity contribution in [1.82, 2.24) is 14.5 Å². The topological polar surface area (TPSA) is 97.0 Å². The van der Waals surface area contributed by atoms with Crippen molar-refractivity contribution in [1.29, 1.82) is 0 Å². The minimum atomic E-state index is -1.31. The highest BCUT2D eigenvalue weighted by atomic mass is 16.5. The summed E-state index contributed by atoms with van der Waals surface area (Å²) < 4.78 is 6.58. The van der Waals surface area contributed by atoms with Gasteiger partial charge in [-0.3, -0.25) is 14.4 Å². The zero-order chi connectivity index (χ0) is 20.1. The molecule has 1 N–H and O–H groups in total. The quantitative estimate of drug-likeness (QED) is 0.424. The number of nitrogens with zero attached hydrogens (tertiary/aromatic N) is 4. The van der Waals surface area contributed by atoms with Crippen LogP contribution in [0.4, 0.5) is 0 Å². The van der Waals surface area contributed by atoms with Crippen LogP contribution in [0.2, 0.25) is 0 Å². The summed E-state index contributed by atoms with van der Waals surface area (Å²) in [6, 6.07) is 0.105. The maximum absolute atomic E-state index is 12.8. The van der Waals surface area contributed by atoms with Crippen LogP contribution in [0.5, 0.6) is 5.75 Å². The molecule has 148 valence electrons. The van der Waals surface area contributed by atoms with Crippen LogP contribution < -0.4 is 10.3 Å². The Morgan fingerprint density at radius 3 is 2.63 bits per heavy atom. The minimum absolute atomic E-state index is 0.175. The Morgan fingerprint density at radius 1 is 1.52 bits per heavy atom. The molecule has 0 spiro atoms. The molecule has 1 heterocycles. The number of rotatable bonds is 8. The molecule has 1 fully saturated rings. The van der Waals surface area contributed by atoms with Crippen LogP contribution >= 0.6 is 0 Å². The summed E-state index contributed by atoms with van der Waals surface area (Å²) in [5, 5.41) is 9.54. The second-order valence-electron chi connectivity index (χ2n) is 6.52. The fraction of sp³-hybridized carbons (Fsp3) is 0.579. The van der Waals surface area contributed by atoms with Gasteiger partial charge in [-0.15, -0.1) is 6.58 Å². The number of aliphatic imine (C=N–C) groups is 1. The zero-order valence-corrected chi connectivity index (χ0v) is 16.4. The van der Waals surface area contributed by atoms with Crippen LogP contribution in [0.3, 0.4) is 0 Å². The van der Waals surface area contributed by atoms with Crippen molar-refractivity contribution >= 4 is 11.8 Å². The van der Waals surface area contributed by atoms with Gasteiger partial charge in [0.05, 0.1) is 12.6 Å². The van der Waals surface area contributed by atoms with Crippen molar-refractivity contribution in [3.05, 3.63) is 34.5 Å². The number of aromatic carboxylic acids is 1. The summed E-state index contributed by atoms with van der Waals surface area (Å²) in [6.07, 6.45) is 4.90. The van der Waals surface area contributed by atoms with Gasteiger partial charge in [-0.05, 0) is 40.0 Å². The Morgan fingerprint density at radius 2 is 2.19 bits per heavy atom. The standard InChI is InChI=1S/C19H28N4O4/c1-6-12(4)20-17(23(7-2)13-10-9-11-13)16-21-14(19(25)26)15(27-8-3)18(24)22(16)5/h6,12-13H,1,7-11H2,2-5H3,(H,25,26)/b20-17-. The molecule has 8 heteroatoms. The lowest BCUT2D eigenvalue weighted by atomic mass is 9.91. The second-order valence-corrected chi connectivity index (χ2v) is 6.52. The largest absolute Gasteiger partial charge is 0.486 e. The van der Waals surface area contributed by atoms with Crippen LogP contribution in [0.25, 0.3) is 0 Å². The molecule has 8 nitrogen and oxygen atoms in total. The number of hydrogen-bond acceptors (Lipinski definition) is 5. The second kappa shape index (κ2) is 8.83. The van der Waals surface area contributed by atoms with Crippen molar-refractivity contribution in [2.24, 2.45) is 12.0 Å². The first-order valence-electron chi connectivity index (χ1n) is 9.30. The number of carboxylic acid groups (broad SMARTS) is 1. The van der Waals surface area contributed by atoms with E-state index in [1.807, 2.05) is 13.8 Å². The van der Waals surface area contributed by atoms with Gasteiger partial charge in [0.2, 0.25) is 5.75 Å². The van der Waals surface area contributed by atoms with Gasteiger partial charge in [-0.25, -0.2) is 9.78 Å². The minimum Gasteiger partial charge on any atom is -0.486 e. The van der Waals surface area contributed by atoms with Crippen LogP contribution in [0.15, 0.2) is 22.4 Å². The summed E-state index contributed by atoms with van der Waals surface area (Å²) >= 11 is 0. The van der Waals surface area contributed by atoms with E-state index >= 15 is 0 Å². The van der Waals surface area contributed by atoms with E-state index in [1.54, 1.807) is 20.0 Å². The molecular formula is C19H28N4O4. The molecule has 2 rings (SSSR count). The number of amidine groups is 1. The van der Waals surface area contributed by atoms with E-state index in [1.165, 1.54) is 4.57 Å². The Kier molecular flexibility index (Phi) is 6.76. The summed E-state index contributed by atoms with van der Waals surface area (Å²) in [5.74, 6) is -0.817. The van der Waals surface area contributed by atoms with E-state index in [0.29, 0.717) is 18.4 Å². The van der Waals surface area contributed by atoms with Crippen molar-refractivity contribution in [3.63, 3.8) is 0 Å². The molecule has 1 atom stereocenters. The first-order valence-corrected chi connectivity index (χ1v) is 9.30. The van der Waals surface area contributed by atoms with Crippen molar-refractivity contribution in [2.45, 2.75) is 52.1 Å². The van der Waals surface area contributed by atoms with E-state index in [0.717, 1.165) is 19.3 Å². The van der Waals surface area contributed by atoms with E-state index in [4.69, 9.17) is 4.74 Å². The van der Waals surface area contributed by atoms with Crippen molar-refractivity contribution in [2.75, 3.05) is 13.2 Å². The molecule has 1 aliphatic rings. The molecular weight excluding hydrogens is 348 g/mol. The van der Waals surface area contributed by atoms with Gasteiger partial charge in [0.25, 0.3) is 5.56 Å². The van der Waals surface area contributed by atoms with Gasteiger partial charge in [0.15, 0.2) is 17.4 Å². The Bertz CT molecular complexity index is 796. The fourth-order valence-corrected chi connectivity index (χ4v) is 2.99. The normalized spacial score (nSPS) is 15.8. The van der Waals surface area contributed by atoms with Crippen molar-refractivity contribution < 1.29 is 14.6 Å². The molecule has 1 unspecified atom stereocenters. The predicted octanol–water partition coefficient (Wildman–Crippen LogP) is 2.07. The van der Waals surface area contributed by atoms with Gasteiger partial charge >= 0.3 is 5.97 Å². The molecule has 0 aliphatic heterocycles. The molecule has 0 saturated heterocycles. The third-order valence-electron chi connectivity index (χ3n) is 4.74. The highest BCUT2D eigenvalue weighted by molar-refractivity contribution is 5.98. The molecule has 0 amide bonds. The number of carbonyl (C=O) groups is 1. The maximum Gasteiger partial charge on any atom is 0.358 e. The zero-order valence-electron chi connectivity index (χ0n) is 16.4. The number of aromatic nitrogens is 2. The summed E-state index contributed by atoms with van der Waals surface area (Å²) in [4.78, 5) is 35.5.